The van der Waals surface area contributed by atoms with Gasteiger partial charge < -0.3 is 5.01 Å². The number of hydrogen-bond acceptors (Lipinski definition) is 4. The van der Waals surface area contributed by atoms with Crippen LogP contribution in [0.25, 0.3) is 0 Å². The Morgan fingerprint density at radius 3 is 2.78 bits per heavy atom. The van der Waals surface area contributed by atoms with Crippen LogP contribution < -0.4 is 5.84 Å². The van der Waals surface area contributed by atoms with Crippen LogP contribution in [-0.4, -0.2) is 28.9 Å². The fourth-order valence-electron chi connectivity index (χ4n) is 0.477. The molecule has 0 aliphatic carbocycles. The Kier molecular flexibility index (Phi) is 1.73. The Hall–Kier alpha value is -0.550. The van der Waals surface area contributed by atoms with E-state index < -0.39 is 0 Å². The summed E-state index contributed by atoms with van der Waals surface area (Å²) in [4.78, 5) is 14.1. The minimum atomic E-state index is -0.151. The molecular formula is C4H7N3OS. The molecule has 0 fully saturated rings. The Morgan fingerprint density at radius 1 is 1.89 bits per heavy atom. The van der Waals surface area contributed by atoms with E-state index in [-0.39, 0.29) is 5.24 Å². The summed E-state index contributed by atoms with van der Waals surface area (Å²) >= 11 is 1.17. The standard InChI is InChI=1S/C4H7N3OS/c1-7(5)3-2-9-4(8)6-3/h2,5H2,1H3. The SMILES string of the molecule is CN(N)C1=NC(=O)SC1. The van der Waals surface area contributed by atoms with Crippen molar-refractivity contribution in [2.75, 3.05) is 12.8 Å². The summed E-state index contributed by atoms with van der Waals surface area (Å²) in [5.41, 5.74) is 0. The van der Waals surface area contributed by atoms with E-state index in [1.54, 1.807) is 7.05 Å². The van der Waals surface area contributed by atoms with Gasteiger partial charge in [-0.25, -0.2) is 5.84 Å². The normalized spacial score (nSPS) is 18.0. The quantitative estimate of drug-likeness (QED) is 0.386. The molecule has 1 aliphatic heterocycles. The molecule has 4 nitrogen and oxygen atoms in total. The lowest BCUT2D eigenvalue weighted by Crippen LogP contribution is -2.33. The van der Waals surface area contributed by atoms with Gasteiger partial charge in [0, 0.05) is 7.05 Å². The van der Waals surface area contributed by atoms with Crippen molar-refractivity contribution >= 4 is 22.8 Å². The van der Waals surface area contributed by atoms with Crippen LogP contribution in [0.4, 0.5) is 4.79 Å². The molecule has 50 valence electrons. The van der Waals surface area contributed by atoms with Gasteiger partial charge in [-0.2, -0.15) is 4.99 Å². The van der Waals surface area contributed by atoms with Gasteiger partial charge in [-0.05, 0) is 0 Å². The smallest absolute Gasteiger partial charge is 0.301 e. The number of nitrogens with two attached hydrogens (primary N) is 1. The average molecular weight is 145 g/mol. The summed E-state index contributed by atoms with van der Waals surface area (Å²) in [6.07, 6.45) is 0. The van der Waals surface area contributed by atoms with Crippen molar-refractivity contribution in [3.8, 4) is 0 Å². The number of carbonyl (C=O) groups is 1. The van der Waals surface area contributed by atoms with E-state index in [0.717, 1.165) is 0 Å². The highest BCUT2D eigenvalue weighted by molar-refractivity contribution is 8.14. The van der Waals surface area contributed by atoms with E-state index >= 15 is 0 Å². The molecular weight excluding hydrogens is 138 g/mol. The number of amides is 1. The highest BCUT2D eigenvalue weighted by Crippen LogP contribution is 2.13. The number of rotatable bonds is 0. The van der Waals surface area contributed by atoms with Crippen LogP contribution >= 0.6 is 11.8 Å². The second kappa shape index (κ2) is 2.36. The van der Waals surface area contributed by atoms with Crippen molar-refractivity contribution in [2.24, 2.45) is 10.8 Å². The molecule has 9 heavy (non-hydrogen) atoms. The molecule has 0 atom stereocenters. The van der Waals surface area contributed by atoms with Crippen molar-refractivity contribution < 1.29 is 4.79 Å². The first-order chi connectivity index (χ1) is 4.20. The van der Waals surface area contributed by atoms with Gasteiger partial charge in [-0.3, -0.25) is 4.79 Å². The third kappa shape index (κ3) is 1.43. The van der Waals surface area contributed by atoms with E-state index in [0.29, 0.717) is 11.6 Å². The Balaban J connectivity index is 2.62. The lowest BCUT2D eigenvalue weighted by molar-refractivity contribution is 0.267. The van der Waals surface area contributed by atoms with Crippen molar-refractivity contribution in [3.63, 3.8) is 0 Å². The van der Waals surface area contributed by atoms with Gasteiger partial charge >= 0.3 is 5.24 Å². The van der Waals surface area contributed by atoms with Crippen LogP contribution in [0.1, 0.15) is 0 Å². The van der Waals surface area contributed by atoms with Gasteiger partial charge in [0.25, 0.3) is 0 Å². The van der Waals surface area contributed by atoms with Gasteiger partial charge in [-0.1, -0.05) is 11.8 Å². The minimum Gasteiger partial charge on any atom is -0.301 e. The number of carbonyl (C=O) groups excluding carboxylic acids is 1. The second-order valence-electron chi connectivity index (χ2n) is 1.69. The lowest BCUT2D eigenvalue weighted by atomic mass is 10.6. The van der Waals surface area contributed by atoms with Crippen molar-refractivity contribution in [2.45, 2.75) is 0 Å². The van der Waals surface area contributed by atoms with Gasteiger partial charge in [-0.15, -0.1) is 0 Å². The molecule has 1 amide bonds. The molecule has 0 saturated heterocycles. The van der Waals surface area contributed by atoms with E-state index in [1.807, 2.05) is 0 Å². The van der Waals surface area contributed by atoms with E-state index in [9.17, 15) is 4.79 Å². The summed E-state index contributed by atoms with van der Waals surface area (Å²) in [7, 11) is 1.66. The Labute approximate surface area is 57.1 Å². The zero-order chi connectivity index (χ0) is 6.85. The van der Waals surface area contributed by atoms with Crippen LogP contribution in [0.5, 0.6) is 0 Å². The fraction of sp³-hybridized carbons (Fsp3) is 0.500. The molecule has 0 aromatic heterocycles. The zero-order valence-electron chi connectivity index (χ0n) is 5.00. The highest BCUT2D eigenvalue weighted by atomic mass is 32.2. The summed E-state index contributed by atoms with van der Waals surface area (Å²) < 4.78 is 0. The van der Waals surface area contributed by atoms with E-state index in [1.165, 1.54) is 16.8 Å². The first-order valence-corrected chi connectivity index (χ1v) is 3.41. The van der Waals surface area contributed by atoms with Crippen LogP contribution in [0.15, 0.2) is 4.99 Å². The zero-order valence-corrected chi connectivity index (χ0v) is 5.81. The molecule has 0 bridgehead atoms. The molecule has 0 saturated carbocycles. The topological polar surface area (TPSA) is 58.7 Å². The molecule has 0 unspecified atom stereocenters. The Bertz CT molecular complexity index is 165. The predicted molar refractivity (Wildman–Crippen MR) is 37.2 cm³/mol. The van der Waals surface area contributed by atoms with Crippen LogP contribution in [0.2, 0.25) is 0 Å². The molecule has 0 spiro atoms. The van der Waals surface area contributed by atoms with Crippen LogP contribution in [0.3, 0.4) is 0 Å². The number of aliphatic imine (C=N–C) groups is 1. The Morgan fingerprint density at radius 2 is 2.56 bits per heavy atom. The maximum atomic E-state index is 10.5. The number of amidine groups is 1. The summed E-state index contributed by atoms with van der Waals surface area (Å²) in [6, 6.07) is 0. The highest BCUT2D eigenvalue weighted by Gasteiger charge is 2.15. The third-order valence-corrected chi connectivity index (χ3v) is 1.69. The van der Waals surface area contributed by atoms with Gasteiger partial charge in [0.2, 0.25) is 0 Å². The molecule has 2 N–H and O–H groups in total. The summed E-state index contributed by atoms with van der Waals surface area (Å²) in [6.45, 7) is 0. The summed E-state index contributed by atoms with van der Waals surface area (Å²) in [5, 5.41) is 1.21. The number of hydrazine groups is 1. The monoisotopic (exact) mass is 145 g/mol. The van der Waals surface area contributed by atoms with Crippen molar-refractivity contribution in [1.29, 1.82) is 0 Å². The first kappa shape index (κ1) is 6.57. The molecule has 0 aromatic rings. The van der Waals surface area contributed by atoms with Crippen molar-refractivity contribution in [1.82, 2.24) is 5.01 Å². The molecule has 1 aliphatic rings. The molecule has 1 heterocycles. The number of thioether (sulfide) groups is 1. The van der Waals surface area contributed by atoms with Gasteiger partial charge in [0.05, 0.1) is 5.75 Å². The lowest BCUT2D eigenvalue weighted by Gasteiger charge is -2.07. The molecule has 0 radical (unpaired) electrons. The minimum absolute atomic E-state index is 0.151. The van der Waals surface area contributed by atoms with Gasteiger partial charge in [0.1, 0.15) is 5.84 Å². The number of nitrogens with zero attached hydrogens (tertiary/aromatic N) is 2. The van der Waals surface area contributed by atoms with Crippen LogP contribution in [-0.2, 0) is 0 Å². The molecule has 1 rings (SSSR count). The first-order valence-electron chi connectivity index (χ1n) is 2.43. The average Bonchev–Trinajstić information content (AvgIpc) is 2.14. The van der Waals surface area contributed by atoms with E-state index in [4.69, 9.17) is 5.84 Å². The summed E-state index contributed by atoms with van der Waals surface area (Å²) in [5.74, 6) is 6.54. The van der Waals surface area contributed by atoms with Gasteiger partial charge in [0.15, 0.2) is 0 Å². The van der Waals surface area contributed by atoms with Crippen molar-refractivity contribution in [3.05, 3.63) is 0 Å². The van der Waals surface area contributed by atoms with Crippen LogP contribution in [0, 0.1) is 0 Å². The largest absolute Gasteiger partial charge is 0.307 e. The maximum absolute atomic E-state index is 10.5. The number of hydrogen-bond donors (Lipinski definition) is 1. The predicted octanol–water partition coefficient (Wildman–Crippen LogP) is 0.0572. The van der Waals surface area contributed by atoms with E-state index in [2.05, 4.69) is 4.99 Å². The second-order valence-corrected chi connectivity index (χ2v) is 2.62. The molecule has 5 heteroatoms. The molecule has 0 aromatic carbocycles. The fourth-order valence-corrected chi connectivity index (χ4v) is 1.17. The maximum Gasteiger partial charge on any atom is 0.307 e. The third-order valence-electron chi connectivity index (χ3n) is 0.952.